The van der Waals surface area contributed by atoms with Gasteiger partial charge in [0.1, 0.15) is 11.5 Å². The normalized spacial score (nSPS) is 11.4. The molecule has 2 N–H and O–H groups in total. The van der Waals surface area contributed by atoms with Gasteiger partial charge in [0, 0.05) is 18.1 Å². The van der Waals surface area contributed by atoms with Gasteiger partial charge >= 0.3 is 0 Å². The summed E-state index contributed by atoms with van der Waals surface area (Å²) in [5.41, 5.74) is 1.67. The summed E-state index contributed by atoms with van der Waals surface area (Å²) in [5.74, 6) is 0.364. The molecule has 1 aromatic carbocycles. The second-order valence-electron chi connectivity index (χ2n) is 7.09. The Labute approximate surface area is 127 Å². The highest BCUT2D eigenvalue weighted by Crippen LogP contribution is 2.41. The van der Waals surface area contributed by atoms with E-state index >= 15 is 0 Å². The van der Waals surface area contributed by atoms with Gasteiger partial charge in [-0.1, -0.05) is 41.5 Å². The van der Waals surface area contributed by atoms with Gasteiger partial charge in [0.05, 0.1) is 7.11 Å². The maximum absolute atomic E-state index is 10.4. The molecule has 0 aliphatic carbocycles. The van der Waals surface area contributed by atoms with Crippen molar-refractivity contribution in [2.24, 2.45) is 0 Å². The zero-order chi connectivity index (χ0) is 17.0. The number of phenolic OH excluding ortho intramolecular Hbond substituents is 1. The van der Waals surface area contributed by atoms with Crippen LogP contribution in [0, 0.1) is 0 Å². The first kappa shape index (κ1) is 19.3. The maximum atomic E-state index is 10.4. The summed E-state index contributed by atoms with van der Waals surface area (Å²) in [7, 11) is 1.66. The van der Waals surface area contributed by atoms with Crippen LogP contribution in [0.25, 0.3) is 0 Å². The lowest BCUT2D eigenvalue weighted by Gasteiger charge is -2.27. The van der Waals surface area contributed by atoms with Gasteiger partial charge in [0.15, 0.2) is 0 Å². The van der Waals surface area contributed by atoms with Crippen molar-refractivity contribution in [1.82, 2.24) is 0 Å². The maximum Gasteiger partial charge on any atom is 0.300 e. The molecule has 0 unspecified atom stereocenters. The number of phenols is 1. The van der Waals surface area contributed by atoms with Gasteiger partial charge < -0.3 is 14.9 Å². The van der Waals surface area contributed by atoms with Crippen LogP contribution in [0.3, 0.4) is 0 Å². The van der Waals surface area contributed by atoms with Gasteiger partial charge in [-0.2, -0.15) is 0 Å². The molecule has 120 valence electrons. The highest BCUT2D eigenvalue weighted by Gasteiger charge is 2.26. The number of aliphatic carboxylic acids is 1. The Morgan fingerprint density at radius 3 is 1.48 bits per heavy atom. The number of hydrogen-bond acceptors (Lipinski definition) is 3. The summed E-state index contributed by atoms with van der Waals surface area (Å²) < 4.78 is 5.33. The second kappa shape index (κ2) is 6.83. The molecule has 21 heavy (non-hydrogen) atoms. The van der Waals surface area contributed by atoms with Gasteiger partial charge in [-0.3, -0.25) is 4.79 Å². The van der Waals surface area contributed by atoms with E-state index in [1.54, 1.807) is 7.11 Å². The van der Waals surface area contributed by atoms with Crippen LogP contribution < -0.4 is 4.74 Å². The summed E-state index contributed by atoms with van der Waals surface area (Å²) in [6, 6.07) is 3.84. The molecule has 0 aromatic heterocycles. The Hall–Kier alpha value is -1.71. The van der Waals surface area contributed by atoms with E-state index in [0.717, 1.165) is 23.8 Å². The minimum Gasteiger partial charge on any atom is -0.507 e. The van der Waals surface area contributed by atoms with Crippen molar-refractivity contribution < 1.29 is 19.7 Å². The zero-order valence-electron chi connectivity index (χ0n) is 14.4. The van der Waals surface area contributed by atoms with Gasteiger partial charge in [-0.15, -0.1) is 0 Å². The number of carboxylic acids is 1. The highest BCUT2D eigenvalue weighted by atomic mass is 16.5. The quantitative estimate of drug-likeness (QED) is 0.819. The number of ether oxygens (including phenoxy) is 1. The Morgan fingerprint density at radius 2 is 1.29 bits per heavy atom. The lowest BCUT2D eigenvalue weighted by Crippen LogP contribution is -2.17. The highest BCUT2D eigenvalue weighted by molar-refractivity contribution is 5.63. The first-order valence-corrected chi connectivity index (χ1v) is 6.92. The molecule has 0 heterocycles. The van der Waals surface area contributed by atoms with E-state index in [-0.39, 0.29) is 10.8 Å². The van der Waals surface area contributed by atoms with E-state index < -0.39 is 5.97 Å². The van der Waals surface area contributed by atoms with Crippen LogP contribution in [-0.2, 0) is 15.6 Å². The van der Waals surface area contributed by atoms with Gasteiger partial charge in [0.25, 0.3) is 5.97 Å². The third-order valence-electron chi connectivity index (χ3n) is 2.94. The molecular weight excluding hydrogens is 268 g/mol. The van der Waals surface area contributed by atoms with Crippen LogP contribution >= 0.6 is 0 Å². The van der Waals surface area contributed by atoms with Gasteiger partial charge in [-0.05, 0) is 23.0 Å². The molecular formula is C17H28O4. The molecule has 4 nitrogen and oxygen atoms in total. The number of carbonyl (C=O) groups is 1. The third-order valence-corrected chi connectivity index (χ3v) is 2.94. The smallest absolute Gasteiger partial charge is 0.300 e. The van der Waals surface area contributed by atoms with Crippen molar-refractivity contribution in [3.05, 3.63) is 23.3 Å². The average molecular weight is 296 g/mol. The number of benzene rings is 1. The lowest BCUT2D eigenvalue weighted by atomic mass is 9.79. The largest absolute Gasteiger partial charge is 0.507 e. The monoisotopic (exact) mass is 296 g/mol. The lowest BCUT2D eigenvalue weighted by molar-refractivity contribution is -0.134. The predicted molar refractivity (Wildman–Crippen MR) is 85.4 cm³/mol. The summed E-state index contributed by atoms with van der Waals surface area (Å²) in [4.78, 5) is 9.00. The molecule has 0 radical (unpaired) electrons. The molecule has 0 spiro atoms. The Balaban J connectivity index is 0.000000885. The fraction of sp³-hybridized carbons (Fsp3) is 0.588. The first-order chi connectivity index (χ1) is 9.30. The Kier molecular flexibility index (Phi) is 6.28. The van der Waals surface area contributed by atoms with Crippen LogP contribution in [0.5, 0.6) is 11.5 Å². The van der Waals surface area contributed by atoms with Crippen LogP contribution in [0.2, 0.25) is 0 Å². The number of carboxylic acid groups (broad SMARTS) is 1. The zero-order valence-corrected chi connectivity index (χ0v) is 14.4. The summed E-state index contributed by atoms with van der Waals surface area (Å²) in [5, 5.41) is 17.8. The summed E-state index contributed by atoms with van der Waals surface area (Å²) in [6.07, 6.45) is 0. The number of hydrogen-bond donors (Lipinski definition) is 2. The van der Waals surface area contributed by atoms with E-state index in [4.69, 9.17) is 14.6 Å². The Morgan fingerprint density at radius 1 is 1.00 bits per heavy atom. The molecule has 0 saturated heterocycles. The van der Waals surface area contributed by atoms with Crippen molar-refractivity contribution in [3.63, 3.8) is 0 Å². The molecule has 1 aromatic rings. The molecule has 0 saturated carbocycles. The minimum atomic E-state index is -0.833. The summed E-state index contributed by atoms with van der Waals surface area (Å²) in [6.45, 7) is 13.6. The van der Waals surface area contributed by atoms with E-state index in [1.807, 2.05) is 12.1 Å². The van der Waals surface area contributed by atoms with Gasteiger partial charge in [-0.25, -0.2) is 0 Å². The molecule has 0 aliphatic heterocycles. The van der Waals surface area contributed by atoms with E-state index in [1.165, 1.54) is 0 Å². The number of aromatic hydroxyl groups is 1. The number of rotatable bonds is 1. The molecule has 4 heteroatoms. The van der Waals surface area contributed by atoms with Crippen LogP contribution in [0.4, 0.5) is 0 Å². The third kappa shape index (κ3) is 6.06. The fourth-order valence-corrected chi connectivity index (χ4v) is 1.87. The number of methoxy groups -OCH3 is 1. The van der Waals surface area contributed by atoms with Crippen molar-refractivity contribution in [2.45, 2.75) is 59.3 Å². The Bertz CT molecular complexity index is 451. The van der Waals surface area contributed by atoms with E-state index in [0.29, 0.717) is 5.75 Å². The van der Waals surface area contributed by atoms with Crippen molar-refractivity contribution in [1.29, 1.82) is 0 Å². The average Bonchev–Trinajstić information content (AvgIpc) is 2.25. The van der Waals surface area contributed by atoms with Crippen LogP contribution in [0.15, 0.2) is 12.1 Å². The van der Waals surface area contributed by atoms with E-state index in [2.05, 4.69) is 41.5 Å². The molecule has 0 amide bonds. The SMILES string of the molecule is CC(=O)O.COc1cc(C(C)(C)C)c(O)c(C(C)(C)C)c1. The minimum absolute atomic E-state index is 0.0986. The topological polar surface area (TPSA) is 66.8 Å². The van der Waals surface area contributed by atoms with Crippen LogP contribution in [-0.4, -0.2) is 23.3 Å². The van der Waals surface area contributed by atoms with Crippen LogP contribution in [0.1, 0.15) is 59.6 Å². The second-order valence-corrected chi connectivity index (χ2v) is 7.09. The molecule has 0 fully saturated rings. The van der Waals surface area contributed by atoms with Crippen molar-refractivity contribution in [3.8, 4) is 11.5 Å². The fourth-order valence-electron chi connectivity index (χ4n) is 1.87. The van der Waals surface area contributed by atoms with Crippen molar-refractivity contribution >= 4 is 5.97 Å². The van der Waals surface area contributed by atoms with E-state index in [9.17, 15) is 5.11 Å². The molecule has 0 atom stereocenters. The van der Waals surface area contributed by atoms with Gasteiger partial charge in [0.2, 0.25) is 0 Å². The predicted octanol–water partition coefficient (Wildman–Crippen LogP) is 4.09. The summed E-state index contributed by atoms with van der Waals surface area (Å²) >= 11 is 0. The molecule has 0 bridgehead atoms. The van der Waals surface area contributed by atoms with Crippen molar-refractivity contribution in [2.75, 3.05) is 7.11 Å². The molecule has 1 rings (SSSR count). The standard InChI is InChI=1S/C15H24O2.C2H4O2/c1-14(2,3)11-8-10(17-7)9-12(13(11)16)15(4,5)6;1-2(3)4/h8-9,16H,1-7H3;1H3,(H,3,4). The molecule has 0 aliphatic rings. The first-order valence-electron chi connectivity index (χ1n) is 6.92.